The molecule has 0 amide bonds. The average molecular weight is 342 g/mol. The maximum absolute atomic E-state index is 5.77. The highest BCUT2D eigenvalue weighted by Crippen LogP contribution is 2.31. The highest BCUT2D eigenvalue weighted by molar-refractivity contribution is 9.11. The number of hydrogen-bond donors (Lipinski definition) is 0. The van der Waals surface area contributed by atoms with Crippen molar-refractivity contribution in [3.05, 3.63) is 64.6 Å². The van der Waals surface area contributed by atoms with Crippen molar-refractivity contribution in [3.8, 4) is 5.75 Å². The Morgan fingerprint density at radius 1 is 0.875 bits per heavy atom. The Balaban J connectivity index is 2.15. The van der Waals surface area contributed by atoms with E-state index in [1.807, 2.05) is 54.6 Å². The first-order valence-electron chi connectivity index (χ1n) is 4.87. The molecule has 0 aliphatic carbocycles. The van der Waals surface area contributed by atoms with Crippen molar-refractivity contribution in [1.82, 2.24) is 0 Å². The van der Waals surface area contributed by atoms with Crippen molar-refractivity contribution < 1.29 is 4.74 Å². The fraction of sp³-hybridized carbons (Fsp3) is 0.0769. The lowest BCUT2D eigenvalue weighted by molar-refractivity contribution is 0.301. The van der Waals surface area contributed by atoms with E-state index in [-0.39, 0.29) is 5.01 Å². The summed E-state index contributed by atoms with van der Waals surface area (Å²) in [5, 5.41) is -0.148. The molecule has 0 spiro atoms. The van der Waals surface area contributed by atoms with Crippen LogP contribution in [0.3, 0.4) is 0 Å². The van der Waals surface area contributed by atoms with Gasteiger partial charge in [0.25, 0.3) is 0 Å². The van der Waals surface area contributed by atoms with E-state index in [2.05, 4.69) is 31.9 Å². The van der Waals surface area contributed by atoms with Crippen LogP contribution in [0.4, 0.5) is 0 Å². The second kappa shape index (κ2) is 5.51. The van der Waals surface area contributed by atoms with Gasteiger partial charge in [-0.3, -0.25) is 0 Å². The average Bonchev–Trinajstić information content (AvgIpc) is 2.31. The lowest BCUT2D eigenvalue weighted by atomic mass is 10.2. The minimum Gasteiger partial charge on any atom is -0.474 e. The molecule has 0 saturated carbocycles. The quantitative estimate of drug-likeness (QED) is 0.720. The van der Waals surface area contributed by atoms with Crippen molar-refractivity contribution >= 4 is 31.9 Å². The number of alkyl halides is 1. The molecule has 2 aromatic carbocycles. The summed E-state index contributed by atoms with van der Waals surface area (Å²) in [6.07, 6.45) is 0. The van der Waals surface area contributed by atoms with Crippen LogP contribution in [0.15, 0.2) is 59.1 Å². The van der Waals surface area contributed by atoms with E-state index in [1.165, 1.54) is 0 Å². The molecule has 16 heavy (non-hydrogen) atoms. The first-order chi connectivity index (χ1) is 7.77. The van der Waals surface area contributed by atoms with E-state index in [4.69, 9.17) is 4.74 Å². The van der Waals surface area contributed by atoms with Gasteiger partial charge in [-0.2, -0.15) is 0 Å². The third kappa shape index (κ3) is 2.86. The summed E-state index contributed by atoms with van der Waals surface area (Å²) >= 11 is 7.02. The number of hydrogen-bond acceptors (Lipinski definition) is 1. The summed E-state index contributed by atoms with van der Waals surface area (Å²) < 4.78 is 6.80. The van der Waals surface area contributed by atoms with Gasteiger partial charge in [-0.15, -0.1) is 0 Å². The molecule has 0 aliphatic rings. The standard InChI is InChI=1S/C13H10Br2O/c14-12-9-5-4-8-11(12)13(15)16-10-6-2-1-3-7-10/h1-9,13H. The SMILES string of the molecule is Brc1ccccc1C(Br)Oc1ccccc1. The summed E-state index contributed by atoms with van der Waals surface area (Å²) in [5.74, 6) is 0.847. The number of halogens is 2. The van der Waals surface area contributed by atoms with Crippen molar-refractivity contribution in [2.24, 2.45) is 0 Å². The molecule has 3 heteroatoms. The lowest BCUT2D eigenvalue weighted by Crippen LogP contribution is -2.00. The first-order valence-corrected chi connectivity index (χ1v) is 6.58. The van der Waals surface area contributed by atoms with Crippen LogP contribution in [-0.2, 0) is 0 Å². The molecule has 0 aromatic heterocycles. The molecule has 1 atom stereocenters. The highest BCUT2D eigenvalue weighted by Gasteiger charge is 2.11. The minimum atomic E-state index is -0.148. The van der Waals surface area contributed by atoms with Crippen molar-refractivity contribution in [2.45, 2.75) is 5.01 Å². The summed E-state index contributed by atoms with van der Waals surface area (Å²) in [5.41, 5.74) is 1.08. The zero-order valence-electron chi connectivity index (χ0n) is 8.44. The molecule has 0 saturated heterocycles. The van der Waals surface area contributed by atoms with Crippen molar-refractivity contribution in [2.75, 3.05) is 0 Å². The van der Waals surface area contributed by atoms with Crippen LogP contribution in [-0.4, -0.2) is 0 Å². The maximum atomic E-state index is 5.77. The van der Waals surface area contributed by atoms with Gasteiger partial charge in [0.05, 0.1) is 0 Å². The fourth-order valence-electron chi connectivity index (χ4n) is 1.34. The molecule has 0 aliphatic heterocycles. The topological polar surface area (TPSA) is 9.23 Å². The van der Waals surface area contributed by atoms with Gasteiger partial charge in [0, 0.05) is 10.0 Å². The zero-order valence-corrected chi connectivity index (χ0v) is 11.6. The molecule has 2 aromatic rings. The molecule has 2 rings (SSSR count). The van der Waals surface area contributed by atoms with E-state index < -0.39 is 0 Å². The predicted molar refractivity (Wildman–Crippen MR) is 72.9 cm³/mol. The van der Waals surface area contributed by atoms with Crippen LogP contribution < -0.4 is 4.74 Å². The minimum absolute atomic E-state index is 0.148. The number of rotatable bonds is 3. The molecular weight excluding hydrogens is 332 g/mol. The second-order valence-electron chi connectivity index (χ2n) is 3.27. The fourth-order valence-corrected chi connectivity index (χ4v) is 2.76. The molecule has 82 valence electrons. The van der Waals surface area contributed by atoms with E-state index >= 15 is 0 Å². The third-order valence-corrected chi connectivity index (χ3v) is 3.53. The monoisotopic (exact) mass is 340 g/mol. The van der Waals surface area contributed by atoms with Gasteiger partial charge in [-0.1, -0.05) is 52.3 Å². The molecule has 0 heterocycles. The van der Waals surface area contributed by atoms with Gasteiger partial charge < -0.3 is 4.74 Å². The van der Waals surface area contributed by atoms with Crippen LogP contribution in [0.1, 0.15) is 10.6 Å². The number of benzene rings is 2. The Morgan fingerprint density at radius 3 is 2.19 bits per heavy atom. The van der Waals surface area contributed by atoms with Crippen LogP contribution in [0.2, 0.25) is 0 Å². The number of para-hydroxylation sites is 1. The molecule has 1 unspecified atom stereocenters. The molecule has 0 N–H and O–H groups in total. The van der Waals surface area contributed by atoms with Gasteiger partial charge in [0.15, 0.2) is 5.01 Å². The van der Waals surface area contributed by atoms with E-state index in [0.29, 0.717) is 0 Å². The Labute approximate surface area is 112 Å². The van der Waals surface area contributed by atoms with Gasteiger partial charge >= 0.3 is 0 Å². The van der Waals surface area contributed by atoms with Crippen molar-refractivity contribution in [1.29, 1.82) is 0 Å². The zero-order chi connectivity index (χ0) is 11.4. The van der Waals surface area contributed by atoms with Crippen LogP contribution in [0.5, 0.6) is 5.75 Å². The Bertz CT molecular complexity index is 456. The highest BCUT2D eigenvalue weighted by atomic mass is 79.9. The first kappa shape index (κ1) is 11.7. The summed E-state index contributed by atoms with van der Waals surface area (Å²) in [6.45, 7) is 0. The molecule has 0 bridgehead atoms. The smallest absolute Gasteiger partial charge is 0.179 e. The van der Waals surface area contributed by atoms with Crippen LogP contribution in [0.25, 0.3) is 0 Å². The summed E-state index contributed by atoms with van der Waals surface area (Å²) in [7, 11) is 0. The lowest BCUT2D eigenvalue weighted by Gasteiger charge is -2.14. The van der Waals surface area contributed by atoms with Crippen LogP contribution in [0, 0.1) is 0 Å². The second-order valence-corrected chi connectivity index (χ2v) is 4.95. The van der Waals surface area contributed by atoms with Crippen molar-refractivity contribution in [3.63, 3.8) is 0 Å². The van der Waals surface area contributed by atoms with E-state index in [1.54, 1.807) is 0 Å². The maximum Gasteiger partial charge on any atom is 0.179 e. The summed E-state index contributed by atoms with van der Waals surface area (Å²) in [4.78, 5) is 0. The predicted octanol–water partition coefficient (Wildman–Crippen LogP) is 4.92. The Morgan fingerprint density at radius 2 is 1.50 bits per heavy atom. The number of ether oxygens (including phenoxy) is 1. The third-order valence-electron chi connectivity index (χ3n) is 2.13. The van der Waals surface area contributed by atoms with E-state index in [9.17, 15) is 0 Å². The molecular formula is C13H10Br2O. The van der Waals surface area contributed by atoms with Gasteiger partial charge in [-0.05, 0) is 34.1 Å². The molecule has 0 radical (unpaired) electrons. The largest absolute Gasteiger partial charge is 0.474 e. The molecule has 1 nitrogen and oxygen atoms in total. The van der Waals surface area contributed by atoms with Gasteiger partial charge in [0.1, 0.15) is 5.75 Å². The normalized spacial score (nSPS) is 12.1. The Hall–Kier alpha value is -0.800. The Kier molecular flexibility index (Phi) is 4.02. The van der Waals surface area contributed by atoms with Gasteiger partial charge in [0.2, 0.25) is 0 Å². The van der Waals surface area contributed by atoms with Gasteiger partial charge in [-0.25, -0.2) is 0 Å². The summed E-state index contributed by atoms with van der Waals surface area (Å²) in [6, 6.07) is 17.7. The van der Waals surface area contributed by atoms with E-state index in [0.717, 1.165) is 15.8 Å². The molecule has 0 fully saturated rings. The van der Waals surface area contributed by atoms with Crippen LogP contribution >= 0.6 is 31.9 Å².